The van der Waals surface area contributed by atoms with Gasteiger partial charge in [-0.2, -0.15) is 8.78 Å². The van der Waals surface area contributed by atoms with Crippen LogP contribution in [0.25, 0.3) is 0 Å². The SMILES string of the molecule is C#CC1(O)CC(C(=O)N2CC(OC(F)F)C2)C1. The highest BCUT2D eigenvalue weighted by atomic mass is 19.3. The number of ether oxygens (including phenoxy) is 1. The summed E-state index contributed by atoms with van der Waals surface area (Å²) in [5, 5.41) is 9.55. The molecule has 0 atom stereocenters. The van der Waals surface area contributed by atoms with E-state index < -0.39 is 18.3 Å². The minimum absolute atomic E-state index is 0.140. The Labute approximate surface area is 97.5 Å². The summed E-state index contributed by atoms with van der Waals surface area (Å²) in [6.07, 6.45) is 5.02. The Morgan fingerprint density at radius 2 is 2.12 bits per heavy atom. The zero-order chi connectivity index (χ0) is 12.6. The van der Waals surface area contributed by atoms with E-state index in [0.717, 1.165) is 0 Å². The van der Waals surface area contributed by atoms with Gasteiger partial charge in [0.05, 0.1) is 6.10 Å². The predicted octanol–water partition coefficient (Wildman–Crippen LogP) is 0.211. The van der Waals surface area contributed by atoms with Gasteiger partial charge in [-0.05, 0) is 12.8 Å². The zero-order valence-electron chi connectivity index (χ0n) is 9.10. The maximum atomic E-state index is 11.8. The summed E-state index contributed by atoms with van der Waals surface area (Å²) in [6.45, 7) is -2.42. The van der Waals surface area contributed by atoms with Crippen molar-refractivity contribution in [3.05, 3.63) is 0 Å². The number of nitrogens with zero attached hydrogens (tertiary/aromatic N) is 1. The molecule has 1 aliphatic carbocycles. The topological polar surface area (TPSA) is 49.8 Å². The summed E-state index contributed by atoms with van der Waals surface area (Å²) < 4.78 is 27.9. The van der Waals surface area contributed by atoms with E-state index in [0.29, 0.717) is 0 Å². The number of terminal acetylenes is 1. The van der Waals surface area contributed by atoms with Crippen molar-refractivity contribution in [3.8, 4) is 12.3 Å². The third kappa shape index (κ3) is 2.40. The number of amides is 1. The third-order valence-corrected chi connectivity index (χ3v) is 3.24. The molecule has 1 amide bonds. The van der Waals surface area contributed by atoms with Gasteiger partial charge in [-0.25, -0.2) is 0 Å². The number of halogens is 2. The number of carbonyl (C=O) groups excluding carboxylic acids is 1. The Morgan fingerprint density at radius 1 is 1.53 bits per heavy atom. The van der Waals surface area contributed by atoms with Crippen LogP contribution < -0.4 is 0 Å². The molecule has 0 aromatic rings. The van der Waals surface area contributed by atoms with Crippen molar-refractivity contribution in [2.75, 3.05) is 13.1 Å². The lowest BCUT2D eigenvalue weighted by molar-refractivity contribution is -0.202. The second-order valence-corrected chi connectivity index (χ2v) is 4.54. The van der Waals surface area contributed by atoms with Crippen LogP contribution in [0, 0.1) is 18.3 Å². The van der Waals surface area contributed by atoms with Crippen molar-refractivity contribution in [3.63, 3.8) is 0 Å². The molecular weight excluding hydrogens is 232 g/mol. The van der Waals surface area contributed by atoms with Crippen molar-refractivity contribution in [1.82, 2.24) is 4.90 Å². The van der Waals surface area contributed by atoms with Gasteiger partial charge in [0.15, 0.2) is 0 Å². The van der Waals surface area contributed by atoms with E-state index in [9.17, 15) is 18.7 Å². The minimum Gasteiger partial charge on any atom is -0.378 e. The molecule has 0 aromatic carbocycles. The molecule has 1 N–H and O–H groups in total. The molecular formula is C11H13F2NO3. The van der Waals surface area contributed by atoms with Crippen LogP contribution in [0.3, 0.4) is 0 Å². The summed E-state index contributed by atoms with van der Waals surface area (Å²) in [6, 6.07) is 0. The maximum Gasteiger partial charge on any atom is 0.345 e. The number of aliphatic hydroxyl groups is 1. The first-order chi connectivity index (χ1) is 7.93. The molecule has 0 aromatic heterocycles. The normalized spacial score (nSPS) is 32.9. The standard InChI is InChI=1S/C11H13F2NO3/c1-2-11(16)3-7(4-11)9(15)14-5-8(6-14)17-10(12)13/h1,7-8,10,16H,3-6H2. The van der Waals surface area contributed by atoms with Crippen LogP contribution in [0.2, 0.25) is 0 Å². The zero-order valence-corrected chi connectivity index (χ0v) is 9.10. The molecule has 0 spiro atoms. The minimum atomic E-state index is -2.80. The van der Waals surface area contributed by atoms with E-state index in [4.69, 9.17) is 6.42 Å². The number of hydrogen-bond acceptors (Lipinski definition) is 3. The largest absolute Gasteiger partial charge is 0.378 e. The van der Waals surface area contributed by atoms with Gasteiger partial charge in [-0.15, -0.1) is 6.42 Å². The average Bonchev–Trinajstić information content (AvgIpc) is 2.17. The van der Waals surface area contributed by atoms with Gasteiger partial charge in [0.1, 0.15) is 5.60 Å². The highest BCUT2D eigenvalue weighted by Crippen LogP contribution is 2.39. The molecule has 6 heteroatoms. The number of hydrogen-bond donors (Lipinski definition) is 1. The summed E-state index contributed by atoms with van der Waals surface area (Å²) in [5.74, 6) is 1.81. The molecule has 1 saturated heterocycles. The van der Waals surface area contributed by atoms with Gasteiger partial charge in [0.2, 0.25) is 5.91 Å². The van der Waals surface area contributed by atoms with Crippen molar-refractivity contribution in [2.24, 2.45) is 5.92 Å². The van der Waals surface area contributed by atoms with E-state index >= 15 is 0 Å². The Hall–Kier alpha value is -1.19. The average molecular weight is 245 g/mol. The highest BCUT2D eigenvalue weighted by molar-refractivity contribution is 5.81. The number of carbonyl (C=O) groups is 1. The lowest BCUT2D eigenvalue weighted by atomic mass is 9.70. The highest BCUT2D eigenvalue weighted by Gasteiger charge is 2.48. The Balaban J connectivity index is 1.73. The molecule has 0 bridgehead atoms. The molecule has 94 valence electrons. The van der Waals surface area contributed by atoms with Crippen LogP contribution in [0.15, 0.2) is 0 Å². The first-order valence-corrected chi connectivity index (χ1v) is 5.36. The van der Waals surface area contributed by atoms with Crippen LogP contribution in [0.1, 0.15) is 12.8 Å². The van der Waals surface area contributed by atoms with Crippen LogP contribution in [0.4, 0.5) is 8.78 Å². The fourth-order valence-corrected chi connectivity index (χ4v) is 2.16. The molecule has 4 nitrogen and oxygen atoms in total. The van der Waals surface area contributed by atoms with E-state index in [1.54, 1.807) is 0 Å². The molecule has 2 fully saturated rings. The van der Waals surface area contributed by atoms with Crippen LogP contribution in [-0.2, 0) is 9.53 Å². The molecule has 0 unspecified atom stereocenters. The Kier molecular flexibility index (Phi) is 3.06. The van der Waals surface area contributed by atoms with Crippen LogP contribution in [0.5, 0.6) is 0 Å². The van der Waals surface area contributed by atoms with Crippen molar-refractivity contribution < 1.29 is 23.4 Å². The van der Waals surface area contributed by atoms with E-state index in [1.807, 2.05) is 0 Å². The van der Waals surface area contributed by atoms with Crippen LogP contribution >= 0.6 is 0 Å². The molecule has 1 saturated carbocycles. The van der Waals surface area contributed by atoms with Crippen molar-refractivity contribution >= 4 is 5.91 Å². The second-order valence-electron chi connectivity index (χ2n) is 4.54. The van der Waals surface area contributed by atoms with E-state index in [-0.39, 0.29) is 37.8 Å². The molecule has 1 heterocycles. The maximum absolute atomic E-state index is 11.8. The predicted molar refractivity (Wildman–Crippen MR) is 54.0 cm³/mol. The summed E-state index contributed by atoms with van der Waals surface area (Å²) >= 11 is 0. The molecule has 2 rings (SSSR count). The van der Waals surface area contributed by atoms with Crippen LogP contribution in [-0.4, -0.2) is 47.3 Å². The fourth-order valence-electron chi connectivity index (χ4n) is 2.16. The Morgan fingerprint density at radius 3 is 2.59 bits per heavy atom. The monoisotopic (exact) mass is 245 g/mol. The summed E-state index contributed by atoms with van der Waals surface area (Å²) in [5.41, 5.74) is -1.16. The molecule has 17 heavy (non-hydrogen) atoms. The molecule has 2 aliphatic rings. The second kappa shape index (κ2) is 4.24. The summed E-state index contributed by atoms with van der Waals surface area (Å²) in [4.78, 5) is 13.2. The lowest BCUT2D eigenvalue weighted by Crippen LogP contribution is -2.60. The van der Waals surface area contributed by atoms with E-state index in [2.05, 4.69) is 10.7 Å². The quantitative estimate of drug-likeness (QED) is 0.723. The van der Waals surface area contributed by atoms with Crippen molar-refractivity contribution in [1.29, 1.82) is 0 Å². The lowest BCUT2D eigenvalue weighted by Gasteiger charge is -2.45. The number of alkyl halides is 2. The van der Waals surface area contributed by atoms with Gasteiger partial charge in [-0.3, -0.25) is 4.79 Å². The smallest absolute Gasteiger partial charge is 0.345 e. The number of rotatable bonds is 3. The van der Waals surface area contributed by atoms with E-state index in [1.165, 1.54) is 4.90 Å². The van der Waals surface area contributed by atoms with Gasteiger partial charge in [-0.1, -0.05) is 5.92 Å². The van der Waals surface area contributed by atoms with Gasteiger partial charge in [0.25, 0.3) is 0 Å². The summed E-state index contributed by atoms with van der Waals surface area (Å²) in [7, 11) is 0. The number of likely N-dealkylation sites (tertiary alicyclic amines) is 1. The fraction of sp³-hybridized carbons (Fsp3) is 0.727. The van der Waals surface area contributed by atoms with Crippen molar-refractivity contribution in [2.45, 2.75) is 31.2 Å². The molecule has 1 aliphatic heterocycles. The third-order valence-electron chi connectivity index (χ3n) is 3.24. The van der Waals surface area contributed by atoms with Gasteiger partial charge in [0, 0.05) is 19.0 Å². The van der Waals surface area contributed by atoms with Gasteiger partial charge < -0.3 is 14.7 Å². The Bertz CT molecular complexity index is 354. The first kappa shape index (κ1) is 12.3. The molecule has 0 radical (unpaired) electrons. The first-order valence-electron chi connectivity index (χ1n) is 5.36. The van der Waals surface area contributed by atoms with Gasteiger partial charge >= 0.3 is 6.61 Å².